The van der Waals surface area contributed by atoms with Gasteiger partial charge < -0.3 is 24.5 Å². The maximum absolute atomic E-state index is 12.8. The van der Waals surface area contributed by atoms with Gasteiger partial charge >= 0.3 is 0 Å². The highest BCUT2D eigenvalue weighted by molar-refractivity contribution is 7.91. The van der Waals surface area contributed by atoms with Gasteiger partial charge in [0, 0.05) is 42.3 Å². The molecule has 12 heteroatoms. The number of nitrogens with zero attached hydrogens (tertiary/aromatic N) is 2. The Labute approximate surface area is 200 Å². The van der Waals surface area contributed by atoms with Crippen LogP contribution in [0, 0.1) is 0 Å². The molecule has 0 radical (unpaired) electrons. The molecule has 4 heterocycles. The number of H-pyrrole nitrogens is 1. The van der Waals surface area contributed by atoms with Crippen molar-refractivity contribution in [1.82, 2.24) is 19.8 Å². The predicted molar refractivity (Wildman–Crippen MR) is 130 cm³/mol. The van der Waals surface area contributed by atoms with Crippen LogP contribution in [0.2, 0.25) is 0 Å². The first-order chi connectivity index (χ1) is 16.1. The number of rotatable bonds is 7. The number of thiophene rings is 1. The number of likely N-dealkylation sites (N-methyl/N-ethyl adjacent to an activating group) is 1. The number of fused-ring (bicyclic) bond motifs is 1. The number of hydrogen-bond acceptors (Lipinski definition) is 7. The summed E-state index contributed by atoms with van der Waals surface area (Å²) < 4.78 is 31.8. The van der Waals surface area contributed by atoms with E-state index in [4.69, 9.17) is 9.88 Å². The van der Waals surface area contributed by atoms with Gasteiger partial charge in [0.1, 0.15) is 27.8 Å². The number of carbonyl (C=O) groups excluding carboxylic acids is 1. The van der Waals surface area contributed by atoms with Crippen molar-refractivity contribution in [3.63, 3.8) is 0 Å². The van der Waals surface area contributed by atoms with Gasteiger partial charge in [-0.1, -0.05) is 0 Å². The third kappa shape index (κ3) is 4.38. The number of likely N-dealkylation sites (tertiary alicyclic amines) is 1. The number of aryl methyl sites for hydroxylation is 1. The van der Waals surface area contributed by atoms with Gasteiger partial charge in [-0.05, 0) is 45.3 Å². The van der Waals surface area contributed by atoms with E-state index >= 15 is 0 Å². The van der Waals surface area contributed by atoms with Crippen LogP contribution in [0.15, 0.2) is 27.3 Å². The zero-order valence-electron chi connectivity index (χ0n) is 19.0. The first-order valence-corrected chi connectivity index (χ1v) is 13.5. The second-order valence-corrected chi connectivity index (χ2v) is 11.9. The summed E-state index contributed by atoms with van der Waals surface area (Å²) in [6, 6.07) is 3.48. The van der Waals surface area contributed by atoms with E-state index in [0.717, 1.165) is 43.6 Å². The summed E-state index contributed by atoms with van der Waals surface area (Å²) in [5.74, 6) is 0.114. The second-order valence-electron chi connectivity index (χ2n) is 9.07. The van der Waals surface area contributed by atoms with Crippen molar-refractivity contribution in [2.24, 2.45) is 12.2 Å². The van der Waals surface area contributed by atoms with Crippen molar-refractivity contribution in [2.45, 2.75) is 42.0 Å². The van der Waals surface area contributed by atoms with Crippen LogP contribution in [0.5, 0.6) is 5.75 Å². The topological polar surface area (TPSA) is 140 Å². The number of sulfonamides is 1. The Hall–Kier alpha value is -2.67. The molecule has 3 aromatic rings. The van der Waals surface area contributed by atoms with Crippen LogP contribution in [0.3, 0.4) is 0 Å². The lowest BCUT2D eigenvalue weighted by Crippen LogP contribution is -2.30. The van der Waals surface area contributed by atoms with Crippen LogP contribution in [-0.2, 0) is 17.1 Å². The van der Waals surface area contributed by atoms with Gasteiger partial charge in [0.05, 0.1) is 4.88 Å². The first-order valence-electron chi connectivity index (χ1n) is 11.1. The monoisotopic (exact) mass is 505 g/mol. The Kier molecular flexibility index (Phi) is 5.79. The van der Waals surface area contributed by atoms with Crippen molar-refractivity contribution in [1.29, 1.82) is 0 Å². The summed E-state index contributed by atoms with van der Waals surface area (Å²) in [6.45, 7) is 1.39. The molecule has 10 nitrogen and oxygen atoms in total. The molecule has 3 aromatic heterocycles. The van der Waals surface area contributed by atoms with E-state index in [9.17, 15) is 18.0 Å². The number of pyridine rings is 1. The molecule has 5 rings (SSSR count). The fourth-order valence-electron chi connectivity index (χ4n) is 4.29. The molecule has 0 aromatic carbocycles. The molecule has 1 unspecified atom stereocenters. The van der Waals surface area contributed by atoms with Crippen LogP contribution >= 0.6 is 11.3 Å². The maximum atomic E-state index is 12.8. The average molecular weight is 506 g/mol. The summed E-state index contributed by atoms with van der Waals surface area (Å²) in [5, 5.41) is 8.86. The Morgan fingerprint density at radius 1 is 1.29 bits per heavy atom. The minimum atomic E-state index is -3.96. The lowest BCUT2D eigenvalue weighted by atomic mass is 10.1. The first kappa shape index (κ1) is 23.1. The largest absolute Gasteiger partial charge is 0.490 e. The van der Waals surface area contributed by atoms with E-state index in [1.807, 2.05) is 7.05 Å². The Morgan fingerprint density at radius 2 is 2.06 bits per heavy atom. The number of carbonyl (C=O) groups is 1. The lowest BCUT2D eigenvalue weighted by Gasteiger charge is -2.19. The molecule has 0 spiro atoms. The number of amides is 1. The number of primary sulfonamides is 1. The molecule has 1 saturated heterocycles. The number of aromatic nitrogens is 2. The zero-order chi connectivity index (χ0) is 24.2. The zero-order valence-corrected chi connectivity index (χ0v) is 20.6. The highest BCUT2D eigenvalue weighted by Crippen LogP contribution is 2.43. The summed E-state index contributed by atoms with van der Waals surface area (Å²) in [6.07, 6.45) is 5.61. The molecule has 1 amide bonds. The number of ether oxygens (including phenoxy) is 1. The molecular weight excluding hydrogens is 478 g/mol. The number of aromatic amines is 1. The molecule has 182 valence electrons. The summed E-state index contributed by atoms with van der Waals surface area (Å²) in [5.41, 5.74) is 0.855. The molecule has 2 aliphatic rings. The van der Waals surface area contributed by atoms with E-state index in [-0.39, 0.29) is 39.0 Å². The Morgan fingerprint density at radius 3 is 2.71 bits per heavy atom. The normalized spacial score (nSPS) is 19.1. The predicted octanol–water partition coefficient (Wildman–Crippen LogP) is 1.61. The lowest BCUT2D eigenvalue weighted by molar-refractivity contribution is 0.0947. The van der Waals surface area contributed by atoms with Gasteiger partial charge in [-0.25, -0.2) is 13.6 Å². The molecule has 1 saturated carbocycles. The van der Waals surface area contributed by atoms with E-state index in [2.05, 4.69) is 15.2 Å². The molecule has 1 aliphatic carbocycles. The third-order valence-electron chi connectivity index (χ3n) is 6.43. The fourth-order valence-corrected chi connectivity index (χ4v) is 6.14. The molecular formula is C22H27N5O5S2. The van der Waals surface area contributed by atoms with E-state index in [0.29, 0.717) is 28.2 Å². The van der Waals surface area contributed by atoms with Gasteiger partial charge in [-0.2, -0.15) is 0 Å². The quantitative estimate of drug-likeness (QED) is 0.446. The minimum Gasteiger partial charge on any atom is -0.490 e. The number of nitrogens with one attached hydrogen (secondary N) is 2. The average Bonchev–Trinajstić information content (AvgIpc) is 3.16. The van der Waals surface area contributed by atoms with Crippen molar-refractivity contribution >= 4 is 38.2 Å². The standard InChI is InChI=1S/C22H27N5O5S2/c1-26-7-3-4-13(26)11-32-17-9-18(34(23,30)31)33-20(17)15-10-27(2)22(29)19-14(15)8-16(25-19)21(28)24-12-5-6-12/h8-10,12-13,25H,3-7,11H2,1-2H3,(H,24,28)(H2,23,30,31). The molecule has 2 fully saturated rings. The van der Waals surface area contributed by atoms with E-state index < -0.39 is 10.0 Å². The van der Waals surface area contributed by atoms with Crippen LogP contribution in [0.4, 0.5) is 0 Å². The van der Waals surface area contributed by atoms with Crippen molar-refractivity contribution < 1.29 is 17.9 Å². The number of nitrogens with two attached hydrogens (primary N) is 1. The van der Waals surface area contributed by atoms with Crippen LogP contribution < -0.4 is 20.8 Å². The van der Waals surface area contributed by atoms with Gasteiger partial charge in [0.2, 0.25) is 10.0 Å². The Bertz CT molecular complexity index is 1430. The smallest absolute Gasteiger partial charge is 0.274 e. The van der Waals surface area contributed by atoms with Crippen LogP contribution in [0.1, 0.15) is 36.2 Å². The SMILES string of the molecule is CN1CCCC1COc1cc(S(N)(=O)=O)sc1-c1cn(C)c(=O)c2[nH]c(C(=O)NC3CC3)cc12. The van der Waals surface area contributed by atoms with Gasteiger partial charge in [0.15, 0.2) is 0 Å². The van der Waals surface area contributed by atoms with Crippen LogP contribution in [0.25, 0.3) is 21.3 Å². The summed E-state index contributed by atoms with van der Waals surface area (Å²) in [4.78, 5) is 31.1. The minimum absolute atomic E-state index is 0.0264. The molecule has 34 heavy (non-hydrogen) atoms. The molecule has 4 N–H and O–H groups in total. The van der Waals surface area contributed by atoms with Crippen molar-refractivity contribution in [2.75, 3.05) is 20.2 Å². The molecule has 1 aliphatic heterocycles. The number of hydrogen-bond donors (Lipinski definition) is 3. The van der Waals surface area contributed by atoms with Crippen molar-refractivity contribution in [3.05, 3.63) is 34.4 Å². The fraction of sp³-hybridized carbons (Fsp3) is 0.455. The van der Waals surface area contributed by atoms with Crippen LogP contribution in [-0.4, -0.2) is 61.1 Å². The summed E-state index contributed by atoms with van der Waals surface area (Å²) in [7, 11) is -0.312. The molecule has 1 atom stereocenters. The van der Waals surface area contributed by atoms with Crippen molar-refractivity contribution in [3.8, 4) is 16.2 Å². The van der Waals surface area contributed by atoms with Gasteiger partial charge in [-0.15, -0.1) is 11.3 Å². The van der Waals surface area contributed by atoms with E-state index in [1.54, 1.807) is 19.3 Å². The highest BCUT2D eigenvalue weighted by Gasteiger charge is 2.27. The second kappa shape index (κ2) is 8.52. The third-order valence-corrected chi connectivity index (χ3v) is 9.00. The highest BCUT2D eigenvalue weighted by atomic mass is 32.2. The van der Waals surface area contributed by atoms with Gasteiger partial charge in [0.25, 0.3) is 11.5 Å². The Balaban J connectivity index is 1.60. The molecule has 0 bridgehead atoms. The van der Waals surface area contributed by atoms with E-state index in [1.165, 1.54) is 10.6 Å². The summed E-state index contributed by atoms with van der Waals surface area (Å²) >= 11 is 0.989. The maximum Gasteiger partial charge on any atom is 0.274 e. The van der Waals surface area contributed by atoms with Gasteiger partial charge in [-0.3, -0.25) is 9.59 Å².